The van der Waals surface area contributed by atoms with Gasteiger partial charge in [-0.3, -0.25) is 5.10 Å². The van der Waals surface area contributed by atoms with Gasteiger partial charge in [-0.25, -0.2) is 4.79 Å². The van der Waals surface area contributed by atoms with Crippen molar-refractivity contribution in [2.24, 2.45) is 0 Å². The standard InChI is InChI=1S/C19H14N2O4/c1-24-18-13(19(22)23)4-6-15-17(18)14(20-21-15)5-2-11-3-7-16-12(10-11)8-9-25-16/h2-10H,1H3,(H,20,21)(H,22,23)/b5-2+. The highest BCUT2D eigenvalue weighted by atomic mass is 16.5. The number of carbonyl (C=O) groups is 1. The van der Waals surface area contributed by atoms with E-state index in [4.69, 9.17) is 9.15 Å². The quantitative estimate of drug-likeness (QED) is 0.584. The molecule has 4 rings (SSSR count). The number of benzene rings is 2. The molecule has 0 aliphatic heterocycles. The number of hydrogen-bond acceptors (Lipinski definition) is 4. The van der Waals surface area contributed by atoms with E-state index < -0.39 is 5.97 Å². The molecule has 0 spiro atoms. The van der Waals surface area contributed by atoms with E-state index in [1.54, 1.807) is 12.3 Å². The molecular weight excluding hydrogens is 320 g/mol. The number of H-pyrrole nitrogens is 1. The summed E-state index contributed by atoms with van der Waals surface area (Å²) >= 11 is 0. The van der Waals surface area contributed by atoms with Crippen LogP contribution in [0.25, 0.3) is 34.0 Å². The third-order valence-corrected chi connectivity index (χ3v) is 4.06. The van der Waals surface area contributed by atoms with Crippen molar-refractivity contribution in [2.45, 2.75) is 0 Å². The van der Waals surface area contributed by atoms with E-state index in [2.05, 4.69) is 10.2 Å². The first-order valence-corrected chi connectivity index (χ1v) is 7.61. The second-order valence-electron chi connectivity index (χ2n) is 5.53. The smallest absolute Gasteiger partial charge is 0.339 e. The van der Waals surface area contributed by atoms with Crippen molar-refractivity contribution in [1.82, 2.24) is 10.2 Å². The number of fused-ring (bicyclic) bond motifs is 2. The van der Waals surface area contributed by atoms with Crippen LogP contribution in [0.3, 0.4) is 0 Å². The lowest BCUT2D eigenvalue weighted by Gasteiger charge is -2.06. The predicted octanol–water partition coefficient (Wildman–Crippen LogP) is 4.19. The van der Waals surface area contributed by atoms with Gasteiger partial charge in [0.05, 0.1) is 30.0 Å². The van der Waals surface area contributed by atoms with Crippen molar-refractivity contribution in [2.75, 3.05) is 7.11 Å². The van der Waals surface area contributed by atoms with Gasteiger partial charge >= 0.3 is 5.97 Å². The van der Waals surface area contributed by atoms with E-state index in [0.29, 0.717) is 22.3 Å². The summed E-state index contributed by atoms with van der Waals surface area (Å²) < 4.78 is 10.7. The highest BCUT2D eigenvalue weighted by molar-refractivity contribution is 6.03. The number of aromatic carboxylic acids is 1. The first kappa shape index (κ1) is 15.0. The Morgan fingerprint density at radius 1 is 1.24 bits per heavy atom. The molecule has 0 fully saturated rings. The third kappa shape index (κ3) is 2.53. The molecule has 6 nitrogen and oxygen atoms in total. The molecule has 0 saturated heterocycles. The van der Waals surface area contributed by atoms with Gasteiger partial charge in [0, 0.05) is 5.39 Å². The van der Waals surface area contributed by atoms with E-state index in [1.165, 1.54) is 13.2 Å². The lowest BCUT2D eigenvalue weighted by molar-refractivity contribution is 0.0693. The lowest BCUT2D eigenvalue weighted by atomic mass is 10.1. The van der Waals surface area contributed by atoms with E-state index in [9.17, 15) is 9.90 Å². The van der Waals surface area contributed by atoms with Crippen LogP contribution < -0.4 is 4.74 Å². The lowest BCUT2D eigenvalue weighted by Crippen LogP contribution is -2.00. The molecule has 25 heavy (non-hydrogen) atoms. The van der Waals surface area contributed by atoms with Crippen LogP contribution in [-0.4, -0.2) is 28.4 Å². The van der Waals surface area contributed by atoms with E-state index in [1.807, 2.05) is 36.4 Å². The number of aromatic amines is 1. The minimum atomic E-state index is -1.04. The van der Waals surface area contributed by atoms with Gasteiger partial charge in [-0.15, -0.1) is 0 Å². The molecule has 0 aliphatic rings. The molecule has 2 aromatic carbocycles. The van der Waals surface area contributed by atoms with Crippen LogP contribution in [0.4, 0.5) is 0 Å². The average molecular weight is 334 g/mol. The van der Waals surface area contributed by atoms with Crippen molar-refractivity contribution in [3.63, 3.8) is 0 Å². The molecule has 0 amide bonds. The van der Waals surface area contributed by atoms with E-state index in [0.717, 1.165) is 16.5 Å². The molecule has 2 N–H and O–H groups in total. The third-order valence-electron chi connectivity index (χ3n) is 4.06. The molecule has 4 aromatic rings. The highest BCUT2D eigenvalue weighted by Crippen LogP contribution is 2.32. The van der Waals surface area contributed by atoms with Crippen molar-refractivity contribution >= 4 is 40.0 Å². The average Bonchev–Trinajstić information content (AvgIpc) is 3.25. The zero-order valence-corrected chi connectivity index (χ0v) is 13.3. The Hall–Kier alpha value is -3.54. The fraction of sp³-hybridized carbons (Fsp3) is 0.0526. The maximum absolute atomic E-state index is 11.4. The Morgan fingerprint density at radius 2 is 2.12 bits per heavy atom. The van der Waals surface area contributed by atoms with E-state index >= 15 is 0 Å². The topological polar surface area (TPSA) is 88.4 Å². The molecule has 2 aromatic heterocycles. The van der Waals surface area contributed by atoms with Crippen LogP contribution in [0.5, 0.6) is 5.75 Å². The van der Waals surface area contributed by atoms with E-state index in [-0.39, 0.29) is 5.56 Å². The Balaban J connectivity index is 1.80. The SMILES string of the molecule is COc1c(C(=O)O)ccc2[nH]nc(/C=C/c3ccc4occc4c3)c12. The van der Waals surface area contributed by atoms with Crippen LogP contribution in [0, 0.1) is 0 Å². The number of methoxy groups -OCH3 is 1. The molecule has 0 unspecified atom stereocenters. The number of carboxylic acids is 1. The molecule has 0 saturated carbocycles. The highest BCUT2D eigenvalue weighted by Gasteiger charge is 2.17. The molecule has 124 valence electrons. The summed E-state index contributed by atoms with van der Waals surface area (Å²) in [5.41, 5.74) is 3.24. The first-order valence-electron chi connectivity index (χ1n) is 7.61. The molecule has 2 heterocycles. The van der Waals surface area contributed by atoms with Crippen molar-refractivity contribution < 1.29 is 19.1 Å². The van der Waals surface area contributed by atoms with Gasteiger partial charge in [0.15, 0.2) is 0 Å². The van der Waals surface area contributed by atoms with Crippen LogP contribution in [0.2, 0.25) is 0 Å². The predicted molar refractivity (Wildman–Crippen MR) is 94.7 cm³/mol. The summed E-state index contributed by atoms with van der Waals surface area (Å²) in [5.74, 6) is -0.746. The maximum Gasteiger partial charge on any atom is 0.339 e. The molecule has 0 radical (unpaired) electrons. The summed E-state index contributed by atoms with van der Waals surface area (Å²) in [7, 11) is 1.45. The Morgan fingerprint density at radius 3 is 2.92 bits per heavy atom. The number of rotatable bonds is 4. The summed E-state index contributed by atoms with van der Waals surface area (Å²) in [5, 5.41) is 18.2. The normalized spacial score (nSPS) is 11.6. The van der Waals surface area contributed by atoms with Crippen LogP contribution in [-0.2, 0) is 0 Å². The van der Waals surface area contributed by atoms with Gasteiger partial charge in [0.1, 0.15) is 16.9 Å². The number of nitrogens with zero attached hydrogens (tertiary/aromatic N) is 1. The first-order chi connectivity index (χ1) is 12.2. The second-order valence-corrected chi connectivity index (χ2v) is 5.53. The minimum Gasteiger partial charge on any atom is -0.495 e. The number of nitrogens with one attached hydrogen (secondary N) is 1. The van der Waals surface area contributed by atoms with Crippen molar-refractivity contribution in [1.29, 1.82) is 0 Å². The van der Waals surface area contributed by atoms with Gasteiger partial charge in [-0.2, -0.15) is 5.10 Å². The number of hydrogen-bond donors (Lipinski definition) is 2. The molecule has 6 heteroatoms. The summed E-state index contributed by atoms with van der Waals surface area (Å²) in [6, 6.07) is 10.9. The fourth-order valence-corrected chi connectivity index (χ4v) is 2.87. The minimum absolute atomic E-state index is 0.103. The summed E-state index contributed by atoms with van der Waals surface area (Å²) in [4.78, 5) is 11.4. The Labute approximate surface area is 142 Å². The van der Waals surface area contributed by atoms with Gasteiger partial charge in [0.25, 0.3) is 0 Å². The number of furan rings is 1. The van der Waals surface area contributed by atoms with Gasteiger partial charge < -0.3 is 14.3 Å². The largest absolute Gasteiger partial charge is 0.495 e. The fourth-order valence-electron chi connectivity index (χ4n) is 2.87. The van der Waals surface area contributed by atoms with Crippen molar-refractivity contribution in [3.05, 3.63) is 59.5 Å². The summed E-state index contributed by atoms with van der Waals surface area (Å²) in [6.45, 7) is 0. The van der Waals surface area contributed by atoms with Gasteiger partial charge in [-0.05, 0) is 42.0 Å². The Bertz CT molecular complexity index is 1120. The number of aromatic nitrogens is 2. The molecule has 0 bridgehead atoms. The molecule has 0 aliphatic carbocycles. The van der Waals surface area contributed by atoms with Crippen molar-refractivity contribution in [3.8, 4) is 5.75 Å². The monoisotopic (exact) mass is 334 g/mol. The number of carboxylic acid groups (broad SMARTS) is 1. The Kier molecular flexibility index (Phi) is 3.50. The van der Waals surface area contributed by atoms with Crippen LogP contribution >= 0.6 is 0 Å². The van der Waals surface area contributed by atoms with Crippen LogP contribution in [0.1, 0.15) is 21.6 Å². The number of ether oxygens (including phenoxy) is 1. The maximum atomic E-state index is 11.4. The zero-order chi connectivity index (χ0) is 17.4. The van der Waals surface area contributed by atoms with Crippen LogP contribution in [0.15, 0.2) is 47.1 Å². The second kappa shape index (κ2) is 5.83. The molecule has 0 atom stereocenters. The molecular formula is C19H14N2O4. The van der Waals surface area contributed by atoms with Gasteiger partial charge in [0.2, 0.25) is 0 Å². The zero-order valence-electron chi connectivity index (χ0n) is 13.3. The summed E-state index contributed by atoms with van der Waals surface area (Å²) in [6.07, 6.45) is 5.39. The van der Waals surface area contributed by atoms with Gasteiger partial charge in [-0.1, -0.05) is 12.1 Å².